The van der Waals surface area contributed by atoms with E-state index < -0.39 is 5.41 Å². The van der Waals surface area contributed by atoms with Gasteiger partial charge in [0.05, 0.1) is 12.5 Å². The third-order valence-corrected chi connectivity index (χ3v) is 7.57. The third kappa shape index (κ3) is 4.98. The topological polar surface area (TPSA) is 70.6 Å². The van der Waals surface area contributed by atoms with Crippen LogP contribution in [0.5, 0.6) is 5.75 Å². The summed E-state index contributed by atoms with van der Waals surface area (Å²) in [5.74, 6) is 2.48. The molecule has 1 saturated heterocycles. The van der Waals surface area contributed by atoms with Gasteiger partial charge in [-0.3, -0.25) is 4.79 Å². The minimum atomic E-state index is -0.429. The SMILES string of the molecule is COc1ccc(Nc2cc(C)nc(N3CCN(C(=O)C4(c5ccc(Cl)cc5)CCCC4)CC3)n2)cc1. The second-order valence-electron chi connectivity index (χ2n) is 9.62. The molecule has 2 heterocycles. The van der Waals surface area contributed by atoms with Crippen LogP contribution < -0.4 is 15.0 Å². The number of ether oxygens (including phenoxy) is 1. The van der Waals surface area contributed by atoms with Crippen LogP contribution in [0.2, 0.25) is 5.02 Å². The minimum absolute atomic E-state index is 0.244. The van der Waals surface area contributed by atoms with Gasteiger partial charge in [0.15, 0.2) is 0 Å². The van der Waals surface area contributed by atoms with E-state index in [0.717, 1.165) is 54.2 Å². The number of hydrogen-bond acceptors (Lipinski definition) is 6. The standard InChI is InChI=1S/C28H32ClN5O2/c1-20-19-25(31-23-9-11-24(36-2)12-10-23)32-27(30-20)34-17-15-33(16-18-34)26(35)28(13-3-4-14-28)21-5-7-22(29)8-6-21/h5-12,19H,3-4,13-18H2,1-2H3,(H,30,31,32). The largest absolute Gasteiger partial charge is 0.497 e. The zero-order valence-electron chi connectivity index (χ0n) is 20.8. The third-order valence-electron chi connectivity index (χ3n) is 7.32. The van der Waals surface area contributed by atoms with Gasteiger partial charge in [0.1, 0.15) is 11.6 Å². The molecule has 0 bridgehead atoms. The summed E-state index contributed by atoms with van der Waals surface area (Å²) in [6.07, 6.45) is 3.95. The predicted octanol–water partition coefficient (Wildman–Crippen LogP) is 5.35. The van der Waals surface area contributed by atoms with Crippen molar-refractivity contribution < 1.29 is 9.53 Å². The molecule has 1 aromatic heterocycles. The lowest BCUT2D eigenvalue weighted by Gasteiger charge is -2.40. The highest BCUT2D eigenvalue weighted by molar-refractivity contribution is 6.30. The number of piperazine rings is 1. The van der Waals surface area contributed by atoms with E-state index in [1.54, 1.807) is 7.11 Å². The second-order valence-corrected chi connectivity index (χ2v) is 10.1. The Labute approximate surface area is 217 Å². The summed E-state index contributed by atoms with van der Waals surface area (Å²) < 4.78 is 5.24. The Morgan fingerprint density at radius 2 is 1.64 bits per heavy atom. The number of amides is 1. The van der Waals surface area contributed by atoms with Crippen molar-refractivity contribution in [3.05, 3.63) is 70.9 Å². The summed E-state index contributed by atoms with van der Waals surface area (Å²) in [4.78, 5) is 27.5. The second kappa shape index (κ2) is 10.3. The number of nitrogens with zero attached hydrogens (tertiary/aromatic N) is 4. The number of nitrogens with one attached hydrogen (secondary N) is 1. The molecule has 0 radical (unpaired) electrons. The van der Waals surface area contributed by atoms with Crippen molar-refractivity contribution >= 4 is 35.0 Å². The number of rotatable bonds is 6. The van der Waals surface area contributed by atoms with Gasteiger partial charge in [-0.05, 0) is 61.7 Å². The number of hydrogen-bond donors (Lipinski definition) is 1. The lowest BCUT2D eigenvalue weighted by molar-refractivity contribution is -0.137. The van der Waals surface area contributed by atoms with E-state index in [2.05, 4.69) is 15.2 Å². The summed E-state index contributed by atoms with van der Waals surface area (Å²) in [5, 5.41) is 4.06. The number of halogens is 1. The van der Waals surface area contributed by atoms with Crippen molar-refractivity contribution in [1.82, 2.24) is 14.9 Å². The highest BCUT2D eigenvalue weighted by atomic mass is 35.5. The fourth-order valence-electron chi connectivity index (χ4n) is 5.37. The Bertz CT molecular complexity index is 1200. The van der Waals surface area contributed by atoms with Gasteiger partial charge in [-0.25, -0.2) is 4.98 Å². The van der Waals surface area contributed by atoms with Crippen molar-refractivity contribution in [1.29, 1.82) is 0 Å². The molecular weight excluding hydrogens is 474 g/mol. The molecule has 1 aliphatic carbocycles. The van der Waals surface area contributed by atoms with Crippen LogP contribution in [0.3, 0.4) is 0 Å². The molecule has 0 unspecified atom stereocenters. The van der Waals surface area contributed by atoms with Crippen LogP contribution in [0.1, 0.15) is 36.9 Å². The average Bonchev–Trinajstić information content (AvgIpc) is 3.40. The summed E-state index contributed by atoms with van der Waals surface area (Å²) in [5.41, 5.74) is 2.48. The Kier molecular flexibility index (Phi) is 7.01. The number of carbonyl (C=O) groups is 1. The summed E-state index contributed by atoms with van der Waals surface area (Å²) in [6, 6.07) is 17.5. The lowest BCUT2D eigenvalue weighted by Crippen LogP contribution is -2.54. The molecule has 2 fully saturated rings. The van der Waals surface area contributed by atoms with Gasteiger partial charge in [-0.2, -0.15) is 4.98 Å². The lowest BCUT2D eigenvalue weighted by atomic mass is 9.77. The molecule has 188 valence electrons. The number of carbonyl (C=O) groups excluding carboxylic acids is 1. The fourth-order valence-corrected chi connectivity index (χ4v) is 5.49. The quantitative estimate of drug-likeness (QED) is 0.487. The van der Waals surface area contributed by atoms with E-state index in [-0.39, 0.29) is 5.91 Å². The molecule has 2 aromatic carbocycles. The molecule has 1 amide bonds. The van der Waals surface area contributed by atoms with Gasteiger partial charge < -0.3 is 19.9 Å². The first kappa shape index (κ1) is 24.4. The van der Waals surface area contributed by atoms with Crippen LogP contribution in [0.4, 0.5) is 17.5 Å². The number of aryl methyl sites for hydroxylation is 1. The van der Waals surface area contributed by atoms with E-state index in [4.69, 9.17) is 21.3 Å². The molecule has 3 aromatic rings. The molecule has 1 saturated carbocycles. The van der Waals surface area contributed by atoms with Crippen molar-refractivity contribution in [2.24, 2.45) is 0 Å². The molecule has 7 nitrogen and oxygen atoms in total. The van der Waals surface area contributed by atoms with Crippen molar-refractivity contribution in [3.8, 4) is 5.75 Å². The average molecular weight is 506 g/mol. The van der Waals surface area contributed by atoms with Crippen LogP contribution >= 0.6 is 11.6 Å². The molecule has 36 heavy (non-hydrogen) atoms. The zero-order valence-corrected chi connectivity index (χ0v) is 21.6. The first-order chi connectivity index (χ1) is 17.5. The van der Waals surface area contributed by atoms with Gasteiger partial charge in [0.25, 0.3) is 0 Å². The van der Waals surface area contributed by atoms with E-state index in [0.29, 0.717) is 37.1 Å². The van der Waals surface area contributed by atoms with E-state index in [9.17, 15) is 4.79 Å². The summed E-state index contributed by atoms with van der Waals surface area (Å²) in [6.45, 7) is 4.70. The summed E-state index contributed by atoms with van der Waals surface area (Å²) >= 11 is 6.12. The molecule has 0 spiro atoms. The first-order valence-electron chi connectivity index (χ1n) is 12.5. The Hall–Kier alpha value is -3.32. The van der Waals surface area contributed by atoms with Gasteiger partial charge >= 0.3 is 0 Å². The smallest absolute Gasteiger partial charge is 0.233 e. The van der Waals surface area contributed by atoms with Gasteiger partial charge in [-0.1, -0.05) is 36.6 Å². The molecule has 1 N–H and O–H groups in total. The van der Waals surface area contributed by atoms with Crippen molar-refractivity contribution in [3.63, 3.8) is 0 Å². The molecule has 0 atom stereocenters. The number of benzene rings is 2. The normalized spacial score (nSPS) is 17.2. The number of anilines is 3. The highest BCUT2D eigenvalue weighted by Crippen LogP contribution is 2.43. The first-order valence-corrected chi connectivity index (χ1v) is 12.9. The van der Waals surface area contributed by atoms with E-state index >= 15 is 0 Å². The maximum atomic E-state index is 13.8. The zero-order chi connectivity index (χ0) is 25.1. The summed E-state index contributed by atoms with van der Waals surface area (Å²) in [7, 11) is 1.65. The van der Waals surface area contributed by atoms with E-state index in [1.807, 2.05) is 66.4 Å². The fraction of sp³-hybridized carbons (Fsp3) is 0.393. The van der Waals surface area contributed by atoms with Crippen LogP contribution in [0.25, 0.3) is 0 Å². The minimum Gasteiger partial charge on any atom is -0.497 e. The van der Waals surface area contributed by atoms with Crippen LogP contribution in [0.15, 0.2) is 54.6 Å². The van der Waals surface area contributed by atoms with Gasteiger partial charge in [0, 0.05) is 48.6 Å². The predicted molar refractivity (Wildman–Crippen MR) is 143 cm³/mol. The van der Waals surface area contributed by atoms with Crippen LogP contribution in [-0.2, 0) is 10.2 Å². The Morgan fingerprint density at radius 3 is 2.28 bits per heavy atom. The van der Waals surface area contributed by atoms with Gasteiger partial charge in [0.2, 0.25) is 11.9 Å². The number of aromatic nitrogens is 2. The number of methoxy groups -OCH3 is 1. The van der Waals surface area contributed by atoms with E-state index in [1.165, 1.54) is 0 Å². The molecule has 1 aliphatic heterocycles. The van der Waals surface area contributed by atoms with Crippen molar-refractivity contribution in [2.45, 2.75) is 38.0 Å². The van der Waals surface area contributed by atoms with Crippen LogP contribution in [-0.4, -0.2) is 54.1 Å². The molecule has 5 rings (SSSR count). The molecule has 8 heteroatoms. The molecular formula is C28H32ClN5O2. The molecule has 2 aliphatic rings. The monoisotopic (exact) mass is 505 g/mol. The van der Waals surface area contributed by atoms with Crippen LogP contribution in [0, 0.1) is 6.92 Å². The Balaban J connectivity index is 1.27. The van der Waals surface area contributed by atoms with Gasteiger partial charge in [-0.15, -0.1) is 0 Å². The Morgan fingerprint density at radius 1 is 0.972 bits per heavy atom. The highest BCUT2D eigenvalue weighted by Gasteiger charge is 2.45. The van der Waals surface area contributed by atoms with Crippen molar-refractivity contribution in [2.75, 3.05) is 43.5 Å². The maximum absolute atomic E-state index is 13.8. The maximum Gasteiger partial charge on any atom is 0.233 e.